The summed E-state index contributed by atoms with van der Waals surface area (Å²) >= 11 is 0. The summed E-state index contributed by atoms with van der Waals surface area (Å²) in [7, 11) is 0. The third kappa shape index (κ3) is 4.43. The Balaban J connectivity index is 1.63. The van der Waals surface area contributed by atoms with Crippen LogP contribution >= 0.6 is 0 Å². The minimum absolute atomic E-state index is 0.239. The highest BCUT2D eigenvalue weighted by molar-refractivity contribution is 5.90. The number of carbonyl (C=O) groups is 2. The second-order valence-electron chi connectivity index (χ2n) is 4.90. The van der Waals surface area contributed by atoms with E-state index >= 15 is 0 Å². The van der Waals surface area contributed by atoms with Gasteiger partial charge < -0.3 is 14.5 Å². The Morgan fingerprint density at radius 3 is 2.79 bits per heavy atom. The van der Waals surface area contributed by atoms with Crippen LogP contribution in [0.5, 0.6) is 0 Å². The van der Waals surface area contributed by atoms with E-state index in [0.717, 1.165) is 0 Å². The lowest BCUT2D eigenvalue weighted by atomic mass is 9.89. The van der Waals surface area contributed by atoms with Gasteiger partial charge in [-0.25, -0.2) is 4.79 Å². The van der Waals surface area contributed by atoms with E-state index < -0.39 is 5.97 Å². The summed E-state index contributed by atoms with van der Waals surface area (Å²) in [6, 6.07) is 1.50. The van der Waals surface area contributed by atoms with Gasteiger partial charge in [0, 0.05) is 6.54 Å². The van der Waals surface area contributed by atoms with Gasteiger partial charge in [-0.1, -0.05) is 19.3 Å². The van der Waals surface area contributed by atoms with Crippen molar-refractivity contribution in [2.45, 2.75) is 32.1 Å². The van der Waals surface area contributed by atoms with Gasteiger partial charge in [0.15, 0.2) is 6.61 Å². The number of hydrogen-bond donors (Lipinski definition) is 1. The average molecular weight is 265 g/mol. The summed E-state index contributed by atoms with van der Waals surface area (Å²) < 4.78 is 9.65. The summed E-state index contributed by atoms with van der Waals surface area (Å²) in [4.78, 5) is 23.0. The molecule has 0 spiro atoms. The molecule has 0 saturated heterocycles. The summed E-state index contributed by atoms with van der Waals surface area (Å²) in [6.45, 7) is 0.443. The highest BCUT2D eigenvalue weighted by Crippen LogP contribution is 2.22. The van der Waals surface area contributed by atoms with Crippen molar-refractivity contribution in [2.75, 3.05) is 13.2 Å². The lowest BCUT2D eigenvalue weighted by molar-refractivity contribution is -0.124. The maximum Gasteiger partial charge on any atom is 0.341 e. The van der Waals surface area contributed by atoms with E-state index in [9.17, 15) is 9.59 Å². The lowest BCUT2D eigenvalue weighted by Gasteiger charge is -2.21. The zero-order chi connectivity index (χ0) is 13.5. The molecule has 19 heavy (non-hydrogen) atoms. The summed E-state index contributed by atoms with van der Waals surface area (Å²) in [5.41, 5.74) is 0.320. The molecule has 1 N–H and O–H groups in total. The Morgan fingerprint density at radius 2 is 2.11 bits per heavy atom. The van der Waals surface area contributed by atoms with Crippen LogP contribution in [0.15, 0.2) is 23.0 Å². The second kappa shape index (κ2) is 6.97. The number of carbonyl (C=O) groups excluding carboxylic acids is 2. The van der Waals surface area contributed by atoms with E-state index in [4.69, 9.17) is 9.15 Å². The van der Waals surface area contributed by atoms with Gasteiger partial charge in [-0.05, 0) is 24.8 Å². The SMILES string of the molecule is O=C(COC(=O)c1ccoc1)NCC1CCCCC1. The van der Waals surface area contributed by atoms with Crippen molar-refractivity contribution in [3.63, 3.8) is 0 Å². The third-order valence-electron chi connectivity index (χ3n) is 3.40. The minimum Gasteiger partial charge on any atom is -0.472 e. The van der Waals surface area contributed by atoms with Crippen LogP contribution in [0.1, 0.15) is 42.5 Å². The second-order valence-corrected chi connectivity index (χ2v) is 4.90. The van der Waals surface area contributed by atoms with E-state index in [1.165, 1.54) is 50.7 Å². The highest BCUT2D eigenvalue weighted by atomic mass is 16.5. The quantitative estimate of drug-likeness (QED) is 0.828. The number of rotatable bonds is 5. The van der Waals surface area contributed by atoms with Gasteiger partial charge in [-0.3, -0.25) is 4.79 Å². The molecule has 1 amide bonds. The van der Waals surface area contributed by atoms with Crippen LogP contribution in [0.4, 0.5) is 0 Å². The molecule has 5 nitrogen and oxygen atoms in total. The standard InChI is InChI=1S/C14H19NO4/c16-13(15-8-11-4-2-1-3-5-11)10-19-14(17)12-6-7-18-9-12/h6-7,9,11H,1-5,8,10H2,(H,15,16). The molecule has 0 unspecified atom stereocenters. The van der Waals surface area contributed by atoms with E-state index in [-0.39, 0.29) is 12.5 Å². The predicted octanol–water partition coefficient (Wildman–Crippen LogP) is 2.13. The Kier molecular flexibility index (Phi) is 5.01. The fourth-order valence-electron chi connectivity index (χ4n) is 2.30. The van der Waals surface area contributed by atoms with Crippen molar-refractivity contribution in [1.29, 1.82) is 0 Å². The maximum atomic E-state index is 11.5. The first-order valence-corrected chi connectivity index (χ1v) is 6.71. The molecule has 5 heteroatoms. The van der Waals surface area contributed by atoms with Gasteiger partial charge in [0.1, 0.15) is 6.26 Å². The van der Waals surface area contributed by atoms with Crippen molar-refractivity contribution in [2.24, 2.45) is 5.92 Å². The molecule has 1 fully saturated rings. The molecule has 1 heterocycles. The van der Waals surface area contributed by atoms with Crippen LogP contribution in [0.25, 0.3) is 0 Å². The smallest absolute Gasteiger partial charge is 0.341 e. The molecule has 1 aromatic rings. The summed E-state index contributed by atoms with van der Waals surface area (Å²) in [5.74, 6) is -0.216. The fraction of sp³-hybridized carbons (Fsp3) is 0.571. The molecule has 0 bridgehead atoms. The van der Waals surface area contributed by atoms with E-state index in [1.54, 1.807) is 0 Å². The van der Waals surface area contributed by atoms with E-state index in [2.05, 4.69) is 5.32 Å². The van der Waals surface area contributed by atoms with Crippen molar-refractivity contribution in [3.05, 3.63) is 24.2 Å². The number of amides is 1. The van der Waals surface area contributed by atoms with Crippen LogP contribution in [0, 0.1) is 5.92 Å². The Bertz CT molecular complexity index is 407. The first-order valence-electron chi connectivity index (χ1n) is 6.71. The summed E-state index contributed by atoms with van der Waals surface area (Å²) in [5, 5.41) is 2.81. The molecule has 2 rings (SSSR count). The molecule has 1 aliphatic carbocycles. The van der Waals surface area contributed by atoms with Crippen LogP contribution in [-0.2, 0) is 9.53 Å². The number of nitrogens with one attached hydrogen (secondary N) is 1. The van der Waals surface area contributed by atoms with Crippen LogP contribution in [-0.4, -0.2) is 25.0 Å². The molecule has 104 valence electrons. The van der Waals surface area contributed by atoms with Gasteiger partial charge in [0.2, 0.25) is 0 Å². The molecule has 0 aromatic carbocycles. The number of esters is 1. The van der Waals surface area contributed by atoms with Crippen molar-refractivity contribution in [3.8, 4) is 0 Å². The molecule has 1 aliphatic rings. The van der Waals surface area contributed by atoms with Crippen LogP contribution < -0.4 is 5.32 Å². The number of hydrogen-bond acceptors (Lipinski definition) is 4. The zero-order valence-corrected chi connectivity index (χ0v) is 10.9. The molecular formula is C14H19NO4. The largest absolute Gasteiger partial charge is 0.472 e. The molecular weight excluding hydrogens is 246 g/mol. The Labute approximate surface area is 112 Å². The first-order chi connectivity index (χ1) is 9.25. The maximum absolute atomic E-state index is 11.5. The molecule has 1 saturated carbocycles. The minimum atomic E-state index is -0.540. The van der Waals surface area contributed by atoms with Crippen molar-refractivity contribution >= 4 is 11.9 Å². The van der Waals surface area contributed by atoms with Crippen LogP contribution in [0.3, 0.4) is 0 Å². The average Bonchev–Trinajstić information content (AvgIpc) is 2.98. The van der Waals surface area contributed by atoms with Crippen LogP contribution in [0.2, 0.25) is 0 Å². The normalized spacial score (nSPS) is 16.0. The summed E-state index contributed by atoms with van der Waals surface area (Å²) in [6.07, 6.45) is 8.82. The third-order valence-corrected chi connectivity index (χ3v) is 3.40. The fourth-order valence-corrected chi connectivity index (χ4v) is 2.30. The van der Waals surface area contributed by atoms with Gasteiger partial charge in [-0.15, -0.1) is 0 Å². The van der Waals surface area contributed by atoms with Crippen molar-refractivity contribution < 1.29 is 18.7 Å². The van der Waals surface area contributed by atoms with Gasteiger partial charge in [-0.2, -0.15) is 0 Å². The highest BCUT2D eigenvalue weighted by Gasteiger charge is 2.15. The van der Waals surface area contributed by atoms with E-state index in [1.807, 2.05) is 0 Å². The van der Waals surface area contributed by atoms with Gasteiger partial charge in [0.05, 0.1) is 11.8 Å². The molecule has 0 aliphatic heterocycles. The molecule has 0 radical (unpaired) electrons. The topological polar surface area (TPSA) is 68.5 Å². The molecule has 0 atom stereocenters. The van der Waals surface area contributed by atoms with E-state index in [0.29, 0.717) is 18.0 Å². The van der Waals surface area contributed by atoms with Crippen molar-refractivity contribution in [1.82, 2.24) is 5.32 Å². The predicted molar refractivity (Wildman–Crippen MR) is 68.6 cm³/mol. The Hall–Kier alpha value is -1.78. The number of furan rings is 1. The lowest BCUT2D eigenvalue weighted by Crippen LogP contribution is -2.33. The van der Waals surface area contributed by atoms with Gasteiger partial charge >= 0.3 is 5.97 Å². The first kappa shape index (κ1) is 13.6. The number of ether oxygens (including phenoxy) is 1. The van der Waals surface area contributed by atoms with Gasteiger partial charge in [0.25, 0.3) is 5.91 Å². The monoisotopic (exact) mass is 265 g/mol. The zero-order valence-electron chi connectivity index (χ0n) is 10.9. The Morgan fingerprint density at radius 1 is 1.32 bits per heavy atom. The molecule has 1 aromatic heterocycles.